The lowest BCUT2D eigenvalue weighted by molar-refractivity contribution is 0.111. The quantitative estimate of drug-likeness (QED) is 0.231. The molecule has 34 heavy (non-hydrogen) atoms. The molecule has 4 rings (SSSR count). The van der Waals surface area contributed by atoms with Gasteiger partial charge >= 0.3 is 0 Å². The monoisotopic (exact) mass is 503 g/mol. The van der Waals surface area contributed by atoms with Crippen molar-refractivity contribution in [2.24, 2.45) is 4.99 Å². The van der Waals surface area contributed by atoms with Gasteiger partial charge in [-0.05, 0) is 25.0 Å². The van der Waals surface area contributed by atoms with Gasteiger partial charge in [-0.2, -0.15) is 0 Å². The predicted molar refractivity (Wildman–Crippen MR) is 143 cm³/mol. The zero-order valence-electron chi connectivity index (χ0n) is 20.3. The number of thioether (sulfide) groups is 1. The van der Waals surface area contributed by atoms with E-state index < -0.39 is 0 Å². The van der Waals surface area contributed by atoms with Gasteiger partial charge in [-0.25, -0.2) is 0 Å². The molecule has 3 heterocycles. The number of aromatic amines is 1. The van der Waals surface area contributed by atoms with Crippen LogP contribution >= 0.6 is 23.4 Å². The number of alkyl halides is 1. The fourth-order valence-corrected chi connectivity index (χ4v) is 4.46. The summed E-state index contributed by atoms with van der Waals surface area (Å²) in [6.45, 7) is 8.15. The Bertz CT molecular complexity index is 1110. The maximum Gasteiger partial charge on any atom is 0.167 e. The largest absolute Gasteiger partial charge is 0.486 e. The van der Waals surface area contributed by atoms with Crippen LogP contribution in [0.25, 0.3) is 6.08 Å². The van der Waals surface area contributed by atoms with Crippen LogP contribution in [-0.2, 0) is 0 Å². The summed E-state index contributed by atoms with van der Waals surface area (Å²) >= 11 is 7.28. The van der Waals surface area contributed by atoms with Crippen molar-refractivity contribution in [1.29, 1.82) is 0 Å². The number of H-pyrrole nitrogens is 1. The first-order chi connectivity index (χ1) is 16.7. The van der Waals surface area contributed by atoms with Gasteiger partial charge in [-0.1, -0.05) is 56.8 Å². The third-order valence-corrected chi connectivity index (χ3v) is 6.05. The molecule has 0 aliphatic carbocycles. The Balaban J connectivity index is 0.000000248. The summed E-state index contributed by atoms with van der Waals surface area (Å²) in [6.07, 6.45) is 10.9. The third kappa shape index (κ3) is 7.71. The summed E-state index contributed by atoms with van der Waals surface area (Å²) in [4.78, 5) is 20.8. The van der Waals surface area contributed by atoms with Crippen molar-refractivity contribution in [3.8, 4) is 11.5 Å². The van der Waals surface area contributed by atoms with E-state index in [0.29, 0.717) is 24.8 Å². The summed E-state index contributed by atoms with van der Waals surface area (Å²) < 4.78 is 10.8. The second-order valence-electron chi connectivity index (χ2n) is 6.90. The van der Waals surface area contributed by atoms with Crippen LogP contribution < -0.4 is 25.5 Å². The first kappa shape index (κ1) is 27.6. The molecule has 0 saturated carbocycles. The number of nitrogens with zero attached hydrogens (tertiary/aromatic N) is 1. The molecule has 0 fully saturated rings. The van der Waals surface area contributed by atoms with E-state index in [9.17, 15) is 4.79 Å². The fourth-order valence-electron chi connectivity index (χ4n) is 3.22. The number of rotatable bonds is 7. The van der Waals surface area contributed by atoms with Gasteiger partial charge in [0.05, 0.1) is 5.69 Å². The number of carbonyl (C=O) groups is 1. The molecule has 6 nitrogen and oxygen atoms in total. The molecule has 0 radical (unpaired) electrons. The Morgan fingerprint density at radius 2 is 2.03 bits per heavy atom. The number of aldehydes is 1. The van der Waals surface area contributed by atoms with Gasteiger partial charge in [0, 0.05) is 46.2 Å². The number of fused-ring (bicyclic) bond motifs is 2. The molecule has 0 atom stereocenters. The van der Waals surface area contributed by atoms with E-state index in [2.05, 4.69) is 34.4 Å². The first-order valence-corrected chi connectivity index (χ1v) is 12.9. The van der Waals surface area contributed by atoms with Crippen LogP contribution in [0.1, 0.15) is 44.1 Å². The van der Waals surface area contributed by atoms with E-state index in [-0.39, 0.29) is 0 Å². The molecule has 0 spiro atoms. The number of ether oxygens (including phenoxy) is 2. The van der Waals surface area contributed by atoms with Gasteiger partial charge in [-0.15, -0.1) is 11.6 Å². The van der Waals surface area contributed by atoms with Gasteiger partial charge < -0.3 is 19.8 Å². The minimum atomic E-state index is 0.481. The van der Waals surface area contributed by atoms with E-state index >= 15 is 0 Å². The standard InChI is InChI=1S/C15H17ClN2OS.C9H11NO2.C2H6/c1-2-5-11(6-3-8-16)20-14-12-7-4-9-17-15(12)18-13(14)10-19;1-10-7-2-3-8-9(6-7)12-5-4-11-8;1-2/h3,5-7,10H,2,4,8-9H2,1H3,(H,17,18);2-3,6,10H,4-5H2,1H3;1-2H3/b6-3-,11-5+;;. The lowest BCUT2D eigenvalue weighted by Crippen LogP contribution is -2.27. The van der Waals surface area contributed by atoms with Gasteiger partial charge in [0.25, 0.3) is 0 Å². The van der Waals surface area contributed by atoms with Gasteiger partial charge in [-0.3, -0.25) is 9.79 Å². The van der Waals surface area contributed by atoms with Crippen LogP contribution in [0.3, 0.4) is 0 Å². The SMILES string of the molecule is CC.CC/C=C(\C=C/CCl)Sc1c(C=O)[nH]c2c1=CCCN=2.CNc1ccc2c(c1)OCCO2. The molecule has 2 aliphatic heterocycles. The molecular formula is C26H34ClN3O3S. The summed E-state index contributed by atoms with van der Waals surface area (Å²) in [6, 6.07) is 5.82. The molecule has 2 aliphatic rings. The second-order valence-corrected chi connectivity index (χ2v) is 8.30. The highest BCUT2D eigenvalue weighted by Gasteiger charge is 2.13. The fraction of sp³-hybridized carbons (Fsp3) is 0.385. The predicted octanol–water partition coefficient (Wildman–Crippen LogP) is 5.34. The summed E-state index contributed by atoms with van der Waals surface area (Å²) in [5, 5.41) is 4.09. The molecule has 184 valence electrons. The average Bonchev–Trinajstić information content (AvgIpc) is 3.26. The van der Waals surface area contributed by atoms with Crippen LogP contribution in [0.4, 0.5) is 5.69 Å². The highest BCUT2D eigenvalue weighted by atomic mass is 35.5. The molecule has 0 bridgehead atoms. The molecule has 0 unspecified atom stereocenters. The highest BCUT2D eigenvalue weighted by Crippen LogP contribution is 2.32. The highest BCUT2D eigenvalue weighted by molar-refractivity contribution is 8.03. The summed E-state index contributed by atoms with van der Waals surface area (Å²) in [7, 11) is 1.88. The third-order valence-electron chi connectivity index (χ3n) is 4.69. The van der Waals surface area contributed by atoms with E-state index in [1.54, 1.807) is 11.8 Å². The number of allylic oxidation sites excluding steroid dienone is 3. The molecular weight excluding hydrogens is 470 g/mol. The normalized spacial score (nSPS) is 13.9. The molecule has 2 N–H and O–H groups in total. The molecule has 1 aromatic heterocycles. The number of carbonyl (C=O) groups excluding carboxylic acids is 1. The van der Waals surface area contributed by atoms with E-state index in [1.165, 1.54) is 0 Å². The minimum Gasteiger partial charge on any atom is -0.486 e. The number of nitrogens with one attached hydrogen (secondary N) is 2. The summed E-state index contributed by atoms with van der Waals surface area (Å²) in [5.41, 5.74) is 2.46. The number of benzene rings is 1. The van der Waals surface area contributed by atoms with E-state index in [1.807, 2.05) is 51.2 Å². The lowest BCUT2D eigenvalue weighted by atomic mass is 10.2. The molecule has 8 heteroatoms. The van der Waals surface area contributed by atoms with Crippen molar-refractivity contribution in [1.82, 2.24) is 4.98 Å². The van der Waals surface area contributed by atoms with Gasteiger partial charge in [0.1, 0.15) is 18.7 Å². The van der Waals surface area contributed by atoms with Crippen LogP contribution in [-0.4, -0.2) is 44.0 Å². The van der Waals surface area contributed by atoms with Crippen molar-refractivity contribution in [2.75, 3.05) is 38.0 Å². The topological polar surface area (TPSA) is 75.7 Å². The molecule has 0 amide bonds. The van der Waals surface area contributed by atoms with E-state index in [0.717, 1.165) is 63.4 Å². The van der Waals surface area contributed by atoms with Gasteiger partial charge in [0.15, 0.2) is 17.8 Å². The minimum absolute atomic E-state index is 0.481. The van der Waals surface area contributed by atoms with Crippen LogP contribution in [0.2, 0.25) is 0 Å². The van der Waals surface area contributed by atoms with Crippen molar-refractivity contribution in [2.45, 2.75) is 38.5 Å². The molecule has 2 aromatic rings. The zero-order valence-corrected chi connectivity index (χ0v) is 21.9. The zero-order chi connectivity index (χ0) is 24.8. The van der Waals surface area contributed by atoms with Crippen molar-refractivity contribution < 1.29 is 14.3 Å². The number of aromatic nitrogens is 1. The number of hydrogen-bond acceptors (Lipinski definition) is 6. The van der Waals surface area contributed by atoms with Crippen molar-refractivity contribution in [3.05, 3.63) is 57.7 Å². The Hall–Kier alpha value is -2.64. The number of halogens is 1. The Kier molecular flexibility index (Phi) is 12.4. The Morgan fingerprint density at radius 3 is 2.71 bits per heavy atom. The average molecular weight is 504 g/mol. The summed E-state index contributed by atoms with van der Waals surface area (Å²) in [5.74, 6) is 2.14. The second kappa shape index (κ2) is 15.3. The van der Waals surface area contributed by atoms with Crippen LogP contribution in [0, 0.1) is 0 Å². The van der Waals surface area contributed by atoms with Crippen molar-refractivity contribution in [3.63, 3.8) is 0 Å². The van der Waals surface area contributed by atoms with Crippen LogP contribution in [0.5, 0.6) is 11.5 Å². The lowest BCUT2D eigenvalue weighted by Gasteiger charge is -2.18. The Morgan fingerprint density at radius 1 is 1.26 bits per heavy atom. The first-order valence-electron chi connectivity index (χ1n) is 11.6. The van der Waals surface area contributed by atoms with E-state index in [4.69, 9.17) is 21.1 Å². The van der Waals surface area contributed by atoms with Gasteiger partial charge in [0.2, 0.25) is 0 Å². The molecule has 1 aromatic carbocycles. The Labute approximate surface area is 211 Å². The smallest absolute Gasteiger partial charge is 0.167 e. The number of anilines is 1. The maximum atomic E-state index is 11.2. The van der Waals surface area contributed by atoms with Crippen LogP contribution in [0.15, 0.2) is 51.2 Å². The molecule has 0 saturated heterocycles. The maximum absolute atomic E-state index is 11.2. The number of hydrogen-bond donors (Lipinski definition) is 2. The van der Waals surface area contributed by atoms with Crippen molar-refractivity contribution >= 4 is 41.4 Å².